The first-order valence-electron chi connectivity index (χ1n) is 4.95. The average molecular weight is 261 g/mol. The number of halogens is 2. The van der Waals surface area contributed by atoms with Crippen molar-refractivity contribution in [2.45, 2.75) is 12.3 Å². The van der Waals surface area contributed by atoms with E-state index in [9.17, 15) is 0 Å². The van der Waals surface area contributed by atoms with E-state index in [-0.39, 0.29) is 24.8 Å². The molecule has 0 saturated carbocycles. The van der Waals surface area contributed by atoms with Crippen LogP contribution in [-0.2, 0) is 0 Å². The van der Waals surface area contributed by atoms with Crippen LogP contribution in [0, 0.1) is 0 Å². The Balaban J connectivity index is 0.000000640. The van der Waals surface area contributed by atoms with Crippen LogP contribution in [0.2, 0.25) is 0 Å². The number of rotatable bonds is 1. The molecule has 0 bridgehead atoms. The number of pyridine rings is 1. The topological polar surface area (TPSA) is 53.6 Å². The molecule has 1 atom stereocenters. The maximum Gasteiger partial charge on any atom is 0.181 e. The number of aromatic amines is 1. The summed E-state index contributed by atoms with van der Waals surface area (Å²) in [6.07, 6.45) is 2.96. The maximum atomic E-state index is 4.21. The van der Waals surface area contributed by atoms with Crippen LogP contribution in [0.15, 0.2) is 18.3 Å². The molecule has 0 radical (unpaired) electrons. The van der Waals surface area contributed by atoms with Gasteiger partial charge in [0.1, 0.15) is 0 Å². The van der Waals surface area contributed by atoms with Crippen LogP contribution < -0.4 is 5.32 Å². The van der Waals surface area contributed by atoms with E-state index in [4.69, 9.17) is 0 Å². The Kier molecular flexibility index (Phi) is 4.53. The van der Waals surface area contributed by atoms with Gasteiger partial charge in [-0.15, -0.1) is 24.8 Å². The summed E-state index contributed by atoms with van der Waals surface area (Å²) >= 11 is 0. The number of H-pyrrole nitrogens is 1. The Bertz CT molecular complexity index is 451. The fraction of sp³-hybridized carbons (Fsp3) is 0.400. The quantitative estimate of drug-likeness (QED) is 0.824. The van der Waals surface area contributed by atoms with Gasteiger partial charge in [-0.3, -0.25) is 5.10 Å². The Hall–Kier alpha value is -0.840. The second-order valence-electron chi connectivity index (χ2n) is 3.70. The minimum atomic E-state index is 0. The number of nitrogens with one attached hydrogen (secondary N) is 2. The van der Waals surface area contributed by atoms with E-state index < -0.39 is 0 Å². The molecule has 0 aliphatic carbocycles. The lowest BCUT2D eigenvalue weighted by Crippen LogP contribution is -2.08. The zero-order valence-electron chi connectivity index (χ0n) is 8.64. The van der Waals surface area contributed by atoms with Gasteiger partial charge in [-0.05, 0) is 25.1 Å². The molecule has 4 nitrogen and oxygen atoms in total. The van der Waals surface area contributed by atoms with Crippen LogP contribution in [0.1, 0.15) is 18.0 Å². The van der Waals surface area contributed by atoms with E-state index >= 15 is 0 Å². The molecule has 1 unspecified atom stereocenters. The molecule has 1 aliphatic rings. The molecule has 1 aliphatic heterocycles. The molecule has 0 amide bonds. The Morgan fingerprint density at radius 1 is 1.31 bits per heavy atom. The van der Waals surface area contributed by atoms with Gasteiger partial charge in [0.05, 0.1) is 0 Å². The number of hydrogen-bond acceptors (Lipinski definition) is 3. The van der Waals surface area contributed by atoms with Gasteiger partial charge in [0.15, 0.2) is 5.65 Å². The van der Waals surface area contributed by atoms with Gasteiger partial charge in [-0.1, -0.05) is 0 Å². The lowest BCUT2D eigenvalue weighted by atomic mass is 10.0. The highest BCUT2D eigenvalue weighted by atomic mass is 35.5. The maximum absolute atomic E-state index is 4.21. The van der Waals surface area contributed by atoms with Crippen molar-refractivity contribution in [3.8, 4) is 0 Å². The van der Waals surface area contributed by atoms with Crippen LogP contribution in [0.3, 0.4) is 0 Å². The summed E-state index contributed by atoms with van der Waals surface area (Å²) in [5, 5.41) is 11.8. The summed E-state index contributed by atoms with van der Waals surface area (Å²) in [6, 6.07) is 4.04. The summed E-state index contributed by atoms with van der Waals surface area (Å²) in [4.78, 5) is 4.21. The Morgan fingerprint density at radius 2 is 2.19 bits per heavy atom. The van der Waals surface area contributed by atoms with Gasteiger partial charge in [0.2, 0.25) is 0 Å². The van der Waals surface area contributed by atoms with Gasteiger partial charge in [-0.25, -0.2) is 4.98 Å². The summed E-state index contributed by atoms with van der Waals surface area (Å²) in [5.74, 6) is 0.573. The first-order chi connectivity index (χ1) is 6.95. The van der Waals surface area contributed by atoms with E-state index in [0.29, 0.717) is 5.92 Å². The zero-order valence-corrected chi connectivity index (χ0v) is 10.3. The summed E-state index contributed by atoms with van der Waals surface area (Å²) < 4.78 is 0. The second-order valence-corrected chi connectivity index (χ2v) is 3.70. The van der Waals surface area contributed by atoms with E-state index in [2.05, 4.69) is 26.6 Å². The van der Waals surface area contributed by atoms with Crippen molar-refractivity contribution in [1.29, 1.82) is 0 Å². The van der Waals surface area contributed by atoms with Crippen molar-refractivity contribution in [2.24, 2.45) is 0 Å². The molecule has 16 heavy (non-hydrogen) atoms. The molecule has 6 heteroatoms. The minimum absolute atomic E-state index is 0. The first-order valence-corrected chi connectivity index (χ1v) is 4.95. The number of hydrogen-bond donors (Lipinski definition) is 2. The molecule has 1 fully saturated rings. The van der Waals surface area contributed by atoms with Crippen molar-refractivity contribution < 1.29 is 0 Å². The molecule has 0 spiro atoms. The second kappa shape index (κ2) is 5.48. The minimum Gasteiger partial charge on any atom is -0.316 e. The zero-order chi connectivity index (χ0) is 9.38. The molecule has 2 aromatic rings. The van der Waals surface area contributed by atoms with Crippen LogP contribution in [0.25, 0.3) is 11.0 Å². The molecule has 3 rings (SSSR count). The van der Waals surface area contributed by atoms with Gasteiger partial charge in [-0.2, -0.15) is 5.10 Å². The van der Waals surface area contributed by atoms with Crippen molar-refractivity contribution in [3.63, 3.8) is 0 Å². The monoisotopic (exact) mass is 260 g/mol. The highest BCUT2D eigenvalue weighted by Crippen LogP contribution is 2.26. The van der Waals surface area contributed by atoms with E-state index in [1.807, 2.05) is 6.07 Å². The summed E-state index contributed by atoms with van der Waals surface area (Å²) in [7, 11) is 0. The lowest BCUT2D eigenvalue weighted by molar-refractivity contribution is 0.734. The molecule has 2 aromatic heterocycles. The van der Waals surface area contributed by atoms with E-state index in [1.165, 1.54) is 17.5 Å². The average Bonchev–Trinajstić information content (AvgIpc) is 2.85. The number of nitrogens with zero attached hydrogens (tertiary/aromatic N) is 2. The Labute approximate surface area is 106 Å². The van der Waals surface area contributed by atoms with Crippen LogP contribution >= 0.6 is 24.8 Å². The molecule has 2 N–H and O–H groups in total. The predicted octanol–water partition coefficient (Wildman–Crippen LogP) is 1.88. The first kappa shape index (κ1) is 13.2. The summed E-state index contributed by atoms with van der Waals surface area (Å²) in [6.45, 7) is 2.15. The summed E-state index contributed by atoms with van der Waals surface area (Å²) in [5.41, 5.74) is 2.06. The number of aromatic nitrogens is 3. The fourth-order valence-corrected chi connectivity index (χ4v) is 2.08. The molecular weight excluding hydrogens is 247 g/mol. The largest absolute Gasteiger partial charge is 0.316 e. The third-order valence-electron chi connectivity index (χ3n) is 2.83. The van der Waals surface area contributed by atoms with Gasteiger partial charge in [0, 0.05) is 29.7 Å². The van der Waals surface area contributed by atoms with Crippen molar-refractivity contribution in [3.05, 3.63) is 24.0 Å². The SMILES string of the molecule is Cl.Cl.c1cnc2n[nH]c(C3CCNC3)c2c1. The van der Waals surface area contributed by atoms with Crippen LogP contribution in [-0.4, -0.2) is 28.3 Å². The lowest BCUT2D eigenvalue weighted by Gasteiger charge is -2.04. The number of fused-ring (bicyclic) bond motifs is 1. The third kappa shape index (κ3) is 2.14. The van der Waals surface area contributed by atoms with Crippen molar-refractivity contribution in [1.82, 2.24) is 20.5 Å². The Morgan fingerprint density at radius 3 is 2.94 bits per heavy atom. The standard InChI is InChI=1S/C10H12N4.2ClH/c1-2-8-9(7-3-5-11-6-7)13-14-10(8)12-4-1;;/h1-2,4,7,11H,3,5-6H2,(H,12,13,14);2*1H. The van der Waals surface area contributed by atoms with Gasteiger partial charge in [0.25, 0.3) is 0 Å². The molecular formula is C10H14Cl2N4. The predicted molar refractivity (Wildman–Crippen MR) is 68.6 cm³/mol. The highest BCUT2D eigenvalue weighted by molar-refractivity contribution is 5.85. The van der Waals surface area contributed by atoms with Crippen LogP contribution in [0.5, 0.6) is 0 Å². The van der Waals surface area contributed by atoms with E-state index in [1.54, 1.807) is 6.20 Å². The fourth-order valence-electron chi connectivity index (χ4n) is 2.08. The smallest absolute Gasteiger partial charge is 0.181 e. The highest BCUT2D eigenvalue weighted by Gasteiger charge is 2.20. The van der Waals surface area contributed by atoms with Gasteiger partial charge < -0.3 is 5.32 Å². The molecule has 3 heterocycles. The van der Waals surface area contributed by atoms with E-state index in [0.717, 1.165) is 18.7 Å². The molecule has 1 saturated heterocycles. The van der Waals surface area contributed by atoms with Crippen molar-refractivity contribution in [2.75, 3.05) is 13.1 Å². The van der Waals surface area contributed by atoms with Crippen molar-refractivity contribution >= 4 is 35.8 Å². The molecule has 88 valence electrons. The normalized spacial score (nSPS) is 19.1. The van der Waals surface area contributed by atoms with Gasteiger partial charge >= 0.3 is 0 Å². The third-order valence-corrected chi connectivity index (χ3v) is 2.83. The van der Waals surface area contributed by atoms with Crippen LogP contribution in [0.4, 0.5) is 0 Å². The molecule has 0 aromatic carbocycles.